The van der Waals surface area contributed by atoms with E-state index in [1.54, 1.807) is 31.1 Å². The Balaban J connectivity index is 1.70. The summed E-state index contributed by atoms with van der Waals surface area (Å²) in [6.45, 7) is 0.656. The molecule has 1 amide bonds. The summed E-state index contributed by atoms with van der Waals surface area (Å²) in [7, 11) is 3.47. The molecular weight excluding hydrogens is 278 g/mol. The zero-order valence-electron chi connectivity index (χ0n) is 13.0. The van der Waals surface area contributed by atoms with Gasteiger partial charge in [-0.05, 0) is 48.6 Å². The third-order valence-corrected chi connectivity index (χ3v) is 4.35. The fourth-order valence-electron chi connectivity index (χ4n) is 3.13. The molecule has 0 fully saturated rings. The van der Waals surface area contributed by atoms with Gasteiger partial charge in [-0.3, -0.25) is 9.48 Å². The van der Waals surface area contributed by atoms with Gasteiger partial charge in [-0.25, -0.2) is 0 Å². The van der Waals surface area contributed by atoms with Crippen LogP contribution in [0, 0.1) is 0 Å². The minimum atomic E-state index is -0.0689. The maximum Gasteiger partial charge on any atom is 0.269 e. The van der Waals surface area contributed by atoms with E-state index in [0.717, 1.165) is 25.0 Å². The minimum Gasteiger partial charge on any atom is -0.497 e. The lowest BCUT2D eigenvalue weighted by Crippen LogP contribution is -2.31. The van der Waals surface area contributed by atoms with Gasteiger partial charge in [-0.2, -0.15) is 5.10 Å². The van der Waals surface area contributed by atoms with Crippen LogP contribution in [0.5, 0.6) is 5.75 Å². The molecule has 116 valence electrons. The number of nitrogens with zero attached hydrogens (tertiary/aromatic N) is 2. The standard InChI is InChI=1S/C17H21N3O2/c1-20-16(8-9-19-20)17(21)18-11-13-5-3-4-12-10-14(22-2)6-7-15(12)13/h6-10,13H,3-5,11H2,1-2H3,(H,18,21)/t13-/m0/s1. The largest absolute Gasteiger partial charge is 0.497 e. The van der Waals surface area contributed by atoms with E-state index in [1.807, 2.05) is 6.07 Å². The molecule has 5 nitrogen and oxygen atoms in total. The van der Waals surface area contributed by atoms with Gasteiger partial charge in [-0.1, -0.05) is 6.07 Å². The number of nitrogens with one attached hydrogen (secondary N) is 1. The number of benzene rings is 1. The average Bonchev–Trinajstić information content (AvgIpc) is 2.98. The number of aryl methyl sites for hydroxylation is 2. The Labute approximate surface area is 130 Å². The molecule has 0 radical (unpaired) electrons. The fourth-order valence-corrected chi connectivity index (χ4v) is 3.13. The Hall–Kier alpha value is -2.30. The Morgan fingerprint density at radius 2 is 2.32 bits per heavy atom. The highest BCUT2D eigenvalue weighted by atomic mass is 16.5. The van der Waals surface area contributed by atoms with Crippen LogP contribution < -0.4 is 10.1 Å². The van der Waals surface area contributed by atoms with Crippen molar-refractivity contribution in [2.75, 3.05) is 13.7 Å². The molecule has 0 unspecified atom stereocenters. The van der Waals surface area contributed by atoms with Crippen molar-refractivity contribution >= 4 is 5.91 Å². The van der Waals surface area contributed by atoms with Crippen LogP contribution in [0.4, 0.5) is 0 Å². The highest BCUT2D eigenvalue weighted by molar-refractivity contribution is 5.92. The van der Waals surface area contributed by atoms with E-state index in [2.05, 4.69) is 22.5 Å². The quantitative estimate of drug-likeness (QED) is 0.942. The second kappa shape index (κ2) is 6.22. The van der Waals surface area contributed by atoms with Crippen LogP contribution in [0.2, 0.25) is 0 Å². The summed E-state index contributed by atoms with van der Waals surface area (Å²) in [5.74, 6) is 1.20. The molecule has 22 heavy (non-hydrogen) atoms. The highest BCUT2D eigenvalue weighted by Gasteiger charge is 2.21. The van der Waals surface area contributed by atoms with Crippen molar-refractivity contribution in [2.45, 2.75) is 25.2 Å². The average molecular weight is 299 g/mol. The number of hydrogen-bond donors (Lipinski definition) is 1. The Morgan fingerprint density at radius 1 is 1.45 bits per heavy atom. The number of carbonyl (C=O) groups excluding carboxylic acids is 1. The maximum absolute atomic E-state index is 12.2. The van der Waals surface area contributed by atoms with Crippen LogP contribution in [0.25, 0.3) is 0 Å². The summed E-state index contributed by atoms with van der Waals surface area (Å²) in [5, 5.41) is 7.06. The fraction of sp³-hybridized carbons (Fsp3) is 0.412. The summed E-state index contributed by atoms with van der Waals surface area (Å²) in [4.78, 5) is 12.2. The Bertz CT molecular complexity index is 678. The molecule has 5 heteroatoms. The predicted octanol–water partition coefficient (Wildman–Crippen LogP) is 2.28. The lowest BCUT2D eigenvalue weighted by Gasteiger charge is -2.26. The summed E-state index contributed by atoms with van der Waals surface area (Å²) in [6, 6.07) is 7.98. The lowest BCUT2D eigenvalue weighted by atomic mass is 9.82. The van der Waals surface area contributed by atoms with Gasteiger partial charge in [0.2, 0.25) is 0 Å². The molecule has 1 atom stereocenters. The van der Waals surface area contributed by atoms with E-state index in [0.29, 0.717) is 18.2 Å². The molecule has 1 heterocycles. The molecule has 0 bridgehead atoms. The molecule has 0 spiro atoms. The molecule has 0 saturated carbocycles. The molecule has 1 aliphatic carbocycles. The normalized spacial score (nSPS) is 16.9. The number of carbonyl (C=O) groups is 1. The molecule has 0 aliphatic heterocycles. The van der Waals surface area contributed by atoms with Crippen molar-refractivity contribution in [3.05, 3.63) is 47.3 Å². The van der Waals surface area contributed by atoms with Crippen LogP contribution in [-0.2, 0) is 13.5 Å². The van der Waals surface area contributed by atoms with Gasteiger partial charge in [0.05, 0.1) is 7.11 Å². The van der Waals surface area contributed by atoms with Crippen molar-refractivity contribution in [1.29, 1.82) is 0 Å². The maximum atomic E-state index is 12.2. The smallest absolute Gasteiger partial charge is 0.269 e. The van der Waals surface area contributed by atoms with Crippen LogP contribution in [0.1, 0.15) is 40.4 Å². The number of rotatable bonds is 4. The Morgan fingerprint density at radius 3 is 3.05 bits per heavy atom. The van der Waals surface area contributed by atoms with E-state index in [4.69, 9.17) is 4.74 Å². The number of fused-ring (bicyclic) bond motifs is 1. The molecule has 1 N–H and O–H groups in total. The first-order valence-corrected chi connectivity index (χ1v) is 7.62. The first-order valence-electron chi connectivity index (χ1n) is 7.62. The van der Waals surface area contributed by atoms with Crippen LogP contribution >= 0.6 is 0 Å². The molecular formula is C17H21N3O2. The monoisotopic (exact) mass is 299 g/mol. The minimum absolute atomic E-state index is 0.0689. The van der Waals surface area contributed by atoms with Crippen LogP contribution in [0.15, 0.2) is 30.5 Å². The van der Waals surface area contributed by atoms with Gasteiger partial charge in [-0.15, -0.1) is 0 Å². The van der Waals surface area contributed by atoms with Gasteiger partial charge in [0.25, 0.3) is 5.91 Å². The van der Waals surface area contributed by atoms with E-state index in [9.17, 15) is 4.79 Å². The third-order valence-electron chi connectivity index (χ3n) is 4.35. The number of aromatic nitrogens is 2. The van der Waals surface area contributed by atoms with Gasteiger partial charge < -0.3 is 10.1 Å². The van der Waals surface area contributed by atoms with Crippen molar-refractivity contribution in [1.82, 2.24) is 15.1 Å². The second-order valence-corrected chi connectivity index (χ2v) is 5.70. The molecule has 1 aliphatic rings. The molecule has 3 rings (SSSR count). The van der Waals surface area contributed by atoms with Crippen molar-refractivity contribution < 1.29 is 9.53 Å². The SMILES string of the molecule is COc1ccc2c(c1)CCC[C@H]2CNC(=O)c1ccnn1C. The summed E-state index contributed by atoms with van der Waals surface area (Å²) >= 11 is 0. The molecule has 2 aromatic rings. The van der Waals surface area contributed by atoms with Crippen molar-refractivity contribution in [2.24, 2.45) is 7.05 Å². The number of methoxy groups -OCH3 is 1. The zero-order chi connectivity index (χ0) is 15.5. The van der Waals surface area contributed by atoms with Crippen molar-refractivity contribution in [3.63, 3.8) is 0 Å². The predicted molar refractivity (Wildman–Crippen MR) is 84.2 cm³/mol. The van der Waals surface area contributed by atoms with Crippen LogP contribution in [-0.4, -0.2) is 29.3 Å². The van der Waals surface area contributed by atoms with E-state index in [1.165, 1.54) is 11.1 Å². The summed E-state index contributed by atoms with van der Waals surface area (Å²) in [5.41, 5.74) is 3.26. The Kier molecular flexibility index (Phi) is 4.13. The topological polar surface area (TPSA) is 56.1 Å². The number of amides is 1. The van der Waals surface area contributed by atoms with Crippen molar-refractivity contribution in [3.8, 4) is 5.75 Å². The van der Waals surface area contributed by atoms with E-state index < -0.39 is 0 Å². The molecule has 0 saturated heterocycles. The van der Waals surface area contributed by atoms with Gasteiger partial charge in [0, 0.05) is 25.7 Å². The summed E-state index contributed by atoms with van der Waals surface area (Å²) in [6.07, 6.45) is 4.97. The van der Waals surface area contributed by atoms with Crippen LogP contribution in [0.3, 0.4) is 0 Å². The van der Waals surface area contributed by atoms with E-state index in [-0.39, 0.29) is 5.91 Å². The molecule has 1 aromatic carbocycles. The molecule has 1 aromatic heterocycles. The second-order valence-electron chi connectivity index (χ2n) is 5.70. The van der Waals surface area contributed by atoms with Gasteiger partial charge in [0.1, 0.15) is 11.4 Å². The highest BCUT2D eigenvalue weighted by Crippen LogP contribution is 2.33. The first kappa shape index (κ1) is 14.6. The summed E-state index contributed by atoms with van der Waals surface area (Å²) < 4.78 is 6.89. The first-order chi connectivity index (χ1) is 10.7. The van der Waals surface area contributed by atoms with Gasteiger partial charge in [0.15, 0.2) is 0 Å². The third kappa shape index (κ3) is 2.84. The van der Waals surface area contributed by atoms with Gasteiger partial charge >= 0.3 is 0 Å². The lowest BCUT2D eigenvalue weighted by molar-refractivity contribution is 0.0941. The zero-order valence-corrected chi connectivity index (χ0v) is 13.0. The number of hydrogen-bond acceptors (Lipinski definition) is 3. The van der Waals surface area contributed by atoms with E-state index >= 15 is 0 Å². The number of ether oxygens (including phenoxy) is 1.